The van der Waals surface area contributed by atoms with Crippen molar-refractivity contribution in [3.05, 3.63) is 83.0 Å². The van der Waals surface area contributed by atoms with Crippen LogP contribution in [-0.2, 0) is 44.3 Å². The summed E-state index contributed by atoms with van der Waals surface area (Å²) in [5, 5.41) is 0. The molecule has 0 saturated carbocycles. The molecule has 0 bridgehead atoms. The quantitative estimate of drug-likeness (QED) is 0.158. The first-order valence-corrected chi connectivity index (χ1v) is 20.0. The Balaban J connectivity index is 0. The summed E-state index contributed by atoms with van der Waals surface area (Å²) < 4.78 is 12.2. The maximum atomic E-state index is 12.3. The van der Waals surface area contributed by atoms with E-state index in [1.54, 1.807) is 36.0 Å². The largest absolute Gasteiger partial charge is 0.489 e. The highest BCUT2D eigenvalue weighted by molar-refractivity contribution is 5.73. The third-order valence-electron chi connectivity index (χ3n) is 8.01. The van der Waals surface area contributed by atoms with Gasteiger partial charge in [-0.3, -0.25) is 14.5 Å². The van der Waals surface area contributed by atoms with E-state index >= 15 is 0 Å². The Hall–Kier alpha value is -4.07. The standard InChI is InChI=1S/C22H36N2O2.C20H29NO3.C4H10.C2H6/c1-11-14-26-19-17(21(2,3)4)13-12-16(18(19)22(5,6)7)15-24(10)20(25)23(8)9;1-8-9-24-18-16(19(2,3)4)10-15(12-21(13-22)14-23)11-17(18)20(5,6)7;1-4(2)3;1-2/h11-13H,1,14-15H2,2-10H3;8,10-11,13-14H,1,9,12H2,2-7H3;4H,1-3H3;1-2H3. The molecule has 0 aromatic heterocycles. The van der Waals surface area contributed by atoms with Crippen molar-refractivity contribution in [3.63, 3.8) is 0 Å². The third kappa shape index (κ3) is 18.3. The molecule has 2 rings (SSSR count). The zero-order valence-electron chi connectivity index (χ0n) is 39.3. The van der Waals surface area contributed by atoms with Crippen LogP contribution < -0.4 is 9.47 Å². The van der Waals surface area contributed by atoms with E-state index in [4.69, 9.17) is 9.47 Å². The summed E-state index contributed by atoms with van der Waals surface area (Å²) in [6.45, 7) is 45.6. The molecule has 0 atom stereocenters. The van der Waals surface area contributed by atoms with Gasteiger partial charge in [-0.25, -0.2) is 4.79 Å². The summed E-state index contributed by atoms with van der Waals surface area (Å²) in [6.07, 6.45) is 4.59. The van der Waals surface area contributed by atoms with Gasteiger partial charge in [-0.1, -0.05) is 155 Å². The molecular formula is C48H81N3O5. The van der Waals surface area contributed by atoms with E-state index in [1.165, 1.54) is 5.56 Å². The number of carbonyl (C=O) groups is 3. The van der Waals surface area contributed by atoms with Crippen molar-refractivity contribution < 1.29 is 23.9 Å². The lowest BCUT2D eigenvalue weighted by Gasteiger charge is -2.33. The average Bonchev–Trinajstić information content (AvgIpc) is 3.07. The fourth-order valence-electron chi connectivity index (χ4n) is 5.63. The molecule has 0 fully saturated rings. The number of nitrogens with zero attached hydrogens (tertiary/aromatic N) is 3. The number of benzene rings is 2. The molecule has 318 valence electrons. The van der Waals surface area contributed by atoms with Crippen LogP contribution in [0.25, 0.3) is 0 Å². The zero-order valence-corrected chi connectivity index (χ0v) is 39.3. The van der Waals surface area contributed by atoms with Crippen LogP contribution in [-0.4, -0.2) is 67.9 Å². The van der Waals surface area contributed by atoms with Crippen LogP contribution in [0.3, 0.4) is 0 Å². The minimum atomic E-state index is -0.139. The number of amides is 4. The molecule has 4 amide bonds. The normalized spacial score (nSPS) is 11.3. The van der Waals surface area contributed by atoms with Crippen LogP contribution in [0.15, 0.2) is 49.6 Å². The Bertz CT molecular complexity index is 1480. The van der Waals surface area contributed by atoms with E-state index in [0.29, 0.717) is 32.6 Å². The maximum Gasteiger partial charge on any atom is 0.319 e. The summed E-state index contributed by atoms with van der Waals surface area (Å²) in [6, 6.07) is 8.30. The van der Waals surface area contributed by atoms with E-state index in [0.717, 1.165) is 50.1 Å². The molecule has 0 N–H and O–H groups in total. The summed E-state index contributed by atoms with van der Waals surface area (Å²) >= 11 is 0. The van der Waals surface area contributed by atoms with Crippen LogP contribution in [0, 0.1) is 5.92 Å². The first-order chi connectivity index (χ1) is 25.6. The van der Waals surface area contributed by atoms with Gasteiger partial charge in [0.15, 0.2) is 0 Å². The molecule has 8 heteroatoms. The number of urea groups is 1. The second-order valence-corrected chi connectivity index (χ2v) is 18.8. The molecule has 0 radical (unpaired) electrons. The summed E-state index contributed by atoms with van der Waals surface area (Å²) in [5.74, 6) is 2.62. The fourth-order valence-corrected chi connectivity index (χ4v) is 5.63. The summed E-state index contributed by atoms with van der Waals surface area (Å²) in [4.78, 5) is 38.7. The first kappa shape index (κ1) is 54.0. The number of hydrogen-bond donors (Lipinski definition) is 0. The average molecular weight is 780 g/mol. The Labute approximate surface area is 343 Å². The van der Waals surface area contributed by atoms with Crippen molar-refractivity contribution in [2.24, 2.45) is 5.92 Å². The lowest BCUT2D eigenvalue weighted by Crippen LogP contribution is -2.36. The van der Waals surface area contributed by atoms with E-state index in [9.17, 15) is 14.4 Å². The Morgan fingerprint density at radius 2 is 1.05 bits per heavy atom. The molecule has 8 nitrogen and oxygen atoms in total. The van der Waals surface area contributed by atoms with Gasteiger partial charge < -0.3 is 19.3 Å². The van der Waals surface area contributed by atoms with Crippen molar-refractivity contribution in [1.82, 2.24) is 14.7 Å². The molecule has 0 aliphatic heterocycles. The minimum Gasteiger partial charge on any atom is -0.489 e. The zero-order chi connectivity index (χ0) is 44.4. The van der Waals surface area contributed by atoms with Crippen molar-refractivity contribution in [2.75, 3.05) is 34.4 Å². The van der Waals surface area contributed by atoms with Crippen LogP contribution in [0.4, 0.5) is 4.79 Å². The SMILES string of the molecule is C=CCOc1c(C(C)(C)C)cc(CN(C=O)C=O)cc1C(C)(C)C.C=CCOc1c(C(C)(C)C)ccc(CN(C)C(=O)N(C)C)c1C(C)(C)C.CC.CC(C)C. The number of rotatable bonds is 12. The predicted octanol–water partition coefficient (Wildman–Crippen LogP) is 11.6. The van der Waals surface area contributed by atoms with Gasteiger partial charge in [0.2, 0.25) is 12.8 Å². The van der Waals surface area contributed by atoms with Crippen LogP contribution in [0.2, 0.25) is 0 Å². The van der Waals surface area contributed by atoms with Gasteiger partial charge in [-0.15, -0.1) is 0 Å². The highest BCUT2D eigenvalue weighted by atomic mass is 16.5. The van der Waals surface area contributed by atoms with Gasteiger partial charge in [-0.2, -0.15) is 0 Å². The van der Waals surface area contributed by atoms with Crippen molar-refractivity contribution in [3.8, 4) is 11.5 Å². The Kier molecular flexibility index (Phi) is 23.0. The van der Waals surface area contributed by atoms with Crippen LogP contribution in [0.5, 0.6) is 11.5 Å². The number of imide groups is 1. The number of hydrogen-bond acceptors (Lipinski definition) is 5. The lowest BCUT2D eigenvalue weighted by atomic mass is 9.77. The number of ether oxygens (including phenoxy) is 2. The highest BCUT2D eigenvalue weighted by Crippen LogP contribution is 2.43. The van der Waals surface area contributed by atoms with E-state index < -0.39 is 0 Å². The fraction of sp³-hybridized carbons (Fsp3) is 0.604. The topological polar surface area (TPSA) is 79.4 Å². The lowest BCUT2D eigenvalue weighted by molar-refractivity contribution is -0.129. The molecule has 0 unspecified atom stereocenters. The smallest absolute Gasteiger partial charge is 0.319 e. The molecule has 2 aromatic carbocycles. The maximum absolute atomic E-state index is 12.3. The molecular weight excluding hydrogens is 699 g/mol. The van der Waals surface area contributed by atoms with Gasteiger partial charge >= 0.3 is 6.03 Å². The molecule has 0 aliphatic carbocycles. The van der Waals surface area contributed by atoms with Gasteiger partial charge in [0.05, 0.1) is 6.54 Å². The molecule has 0 heterocycles. The van der Waals surface area contributed by atoms with Gasteiger partial charge in [0, 0.05) is 44.4 Å². The Morgan fingerprint density at radius 1 is 0.661 bits per heavy atom. The van der Waals surface area contributed by atoms with E-state index in [-0.39, 0.29) is 34.2 Å². The van der Waals surface area contributed by atoms with Crippen molar-refractivity contribution >= 4 is 18.9 Å². The predicted molar refractivity (Wildman–Crippen MR) is 239 cm³/mol. The van der Waals surface area contributed by atoms with Crippen LogP contribution >= 0.6 is 0 Å². The molecule has 2 aromatic rings. The first-order valence-electron chi connectivity index (χ1n) is 20.0. The molecule has 0 spiro atoms. The third-order valence-corrected chi connectivity index (χ3v) is 8.01. The van der Waals surface area contributed by atoms with Crippen molar-refractivity contribution in [2.45, 2.75) is 152 Å². The second kappa shape index (κ2) is 23.9. The van der Waals surface area contributed by atoms with Gasteiger partial charge in [0.1, 0.15) is 24.7 Å². The van der Waals surface area contributed by atoms with Gasteiger partial charge in [0.25, 0.3) is 0 Å². The summed E-state index contributed by atoms with van der Waals surface area (Å²) in [7, 11) is 5.37. The molecule has 0 aliphatic rings. The Morgan fingerprint density at radius 3 is 1.38 bits per heavy atom. The van der Waals surface area contributed by atoms with Gasteiger partial charge in [-0.05, 0) is 56.4 Å². The minimum absolute atomic E-state index is 0.0154. The molecule has 56 heavy (non-hydrogen) atoms. The molecule has 0 saturated heterocycles. The second-order valence-electron chi connectivity index (χ2n) is 18.8. The van der Waals surface area contributed by atoms with Crippen LogP contribution in [0.1, 0.15) is 151 Å². The van der Waals surface area contributed by atoms with E-state index in [1.807, 2.05) is 33.0 Å². The van der Waals surface area contributed by atoms with Crippen molar-refractivity contribution in [1.29, 1.82) is 0 Å². The monoisotopic (exact) mass is 780 g/mol. The van der Waals surface area contributed by atoms with E-state index in [2.05, 4.69) is 129 Å². The highest BCUT2D eigenvalue weighted by Gasteiger charge is 2.31. The number of carbonyl (C=O) groups excluding carboxylic acids is 3. The summed E-state index contributed by atoms with van der Waals surface area (Å²) in [5.41, 5.74) is 6.04.